The summed E-state index contributed by atoms with van der Waals surface area (Å²) in [5, 5.41) is 2.74. The molecule has 5 heteroatoms. The summed E-state index contributed by atoms with van der Waals surface area (Å²) >= 11 is 0. The van der Waals surface area contributed by atoms with Gasteiger partial charge in [-0.25, -0.2) is 4.79 Å². The molecular weight excluding hydrogens is 316 g/mol. The minimum Gasteiger partial charge on any atom is -0.494 e. The molecule has 1 unspecified atom stereocenters. The Balaban J connectivity index is 1.79. The van der Waals surface area contributed by atoms with Gasteiger partial charge in [0.15, 0.2) is 0 Å². The first-order chi connectivity index (χ1) is 11.8. The van der Waals surface area contributed by atoms with E-state index < -0.39 is 5.54 Å². The minimum atomic E-state index is -0.999. The molecule has 1 aromatic rings. The summed E-state index contributed by atoms with van der Waals surface area (Å²) in [4.78, 5) is 25.1. The number of likely N-dealkylation sites (N-methyl/N-ethyl adjacent to an activating group) is 1. The smallest absolute Gasteiger partial charge is 0.325 e. The van der Waals surface area contributed by atoms with Crippen LogP contribution < -0.4 is 10.1 Å². The lowest BCUT2D eigenvalue weighted by Crippen LogP contribution is -2.40. The lowest BCUT2D eigenvalue weighted by Gasteiger charge is -2.21. The second kappa shape index (κ2) is 8.37. The molecule has 0 bridgehead atoms. The van der Waals surface area contributed by atoms with Crippen LogP contribution in [0.2, 0.25) is 0 Å². The van der Waals surface area contributed by atoms with Crippen molar-refractivity contribution in [2.24, 2.45) is 5.92 Å². The van der Waals surface area contributed by atoms with Gasteiger partial charge in [-0.1, -0.05) is 51.7 Å². The highest BCUT2D eigenvalue weighted by Crippen LogP contribution is 2.29. The molecule has 1 saturated heterocycles. The van der Waals surface area contributed by atoms with Gasteiger partial charge < -0.3 is 10.1 Å². The monoisotopic (exact) mass is 346 g/mol. The minimum absolute atomic E-state index is 0.243. The molecule has 1 atom stereocenters. The molecule has 1 fully saturated rings. The van der Waals surface area contributed by atoms with Crippen molar-refractivity contribution in [3.8, 4) is 5.75 Å². The summed E-state index contributed by atoms with van der Waals surface area (Å²) < 4.78 is 5.77. The largest absolute Gasteiger partial charge is 0.494 e. The Morgan fingerprint density at radius 3 is 2.28 bits per heavy atom. The number of imide groups is 1. The maximum Gasteiger partial charge on any atom is 0.325 e. The van der Waals surface area contributed by atoms with Crippen molar-refractivity contribution in [1.82, 2.24) is 10.2 Å². The molecule has 2 rings (SSSR count). The van der Waals surface area contributed by atoms with Crippen molar-refractivity contribution in [2.45, 2.75) is 58.4 Å². The molecule has 1 aromatic carbocycles. The van der Waals surface area contributed by atoms with Crippen LogP contribution in [0.25, 0.3) is 0 Å². The molecule has 1 heterocycles. The van der Waals surface area contributed by atoms with E-state index in [1.807, 2.05) is 24.3 Å². The Morgan fingerprint density at radius 2 is 1.72 bits per heavy atom. The van der Waals surface area contributed by atoms with Gasteiger partial charge in [0, 0.05) is 7.05 Å². The van der Waals surface area contributed by atoms with E-state index in [9.17, 15) is 9.59 Å². The van der Waals surface area contributed by atoms with Crippen LogP contribution in [-0.4, -0.2) is 30.5 Å². The SMILES string of the molecule is CC(C)CCCCCCOc1ccc(C2(C)NC(=O)N(C)C2=O)cc1. The summed E-state index contributed by atoms with van der Waals surface area (Å²) in [5.74, 6) is 1.33. The Morgan fingerprint density at radius 1 is 1.08 bits per heavy atom. The molecule has 1 aliphatic rings. The van der Waals surface area contributed by atoms with E-state index in [1.165, 1.54) is 32.7 Å². The number of carbonyl (C=O) groups excluding carboxylic acids is 2. The first-order valence-corrected chi connectivity index (χ1v) is 9.18. The number of urea groups is 1. The fraction of sp³-hybridized carbons (Fsp3) is 0.600. The van der Waals surface area contributed by atoms with Crippen molar-refractivity contribution >= 4 is 11.9 Å². The van der Waals surface area contributed by atoms with Crippen LogP contribution in [0.1, 0.15) is 58.4 Å². The lowest BCUT2D eigenvalue weighted by molar-refractivity contribution is -0.130. The highest BCUT2D eigenvalue weighted by Gasteiger charge is 2.47. The third-order valence-corrected chi connectivity index (χ3v) is 4.77. The van der Waals surface area contributed by atoms with Crippen LogP contribution in [-0.2, 0) is 10.3 Å². The highest BCUT2D eigenvalue weighted by atomic mass is 16.5. The van der Waals surface area contributed by atoms with E-state index >= 15 is 0 Å². The second-order valence-electron chi connectivity index (χ2n) is 7.39. The fourth-order valence-electron chi connectivity index (χ4n) is 3.06. The number of nitrogens with one attached hydrogen (secondary N) is 1. The third kappa shape index (κ3) is 4.74. The molecular formula is C20H30N2O3. The average Bonchev–Trinajstić information content (AvgIpc) is 2.78. The molecule has 0 saturated carbocycles. The van der Waals surface area contributed by atoms with Gasteiger partial charge in [-0.15, -0.1) is 0 Å². The number of hydrogen-bond donors (Lipinski definition) is 1. The number of ether oxygens (including phenoxy) is 1. The van der Waals surface area contributed by atoms with Crippen LogP contribution in [0, 0.1) is 5.92 Å². The van der Waals surface area contributed by atoms with Crippen molar-refractivity contribution in [2.75, 3.05) is 13.7 Å². The number of carbonyl (C=O) groups is 2. The first kappa shape index (κ1) is 19.3. The maximum absolute atomic E-state index is 12.3. The topological polar surface area (TPSA) is 58.6 Å². The molecule has 1 aliphatic heterocycles. The second-order valence-corrected chi connectivity index (χ2v) is 7.39. The van der Waals surface area contributed by atoms with Gasteiger partial charge in [0.05, 0.1) is 6.61 Å². The summed E-state index contributed by atoms with van der Waals surface area (Å²) in [5.41, 5.74) is -0.239. The van der Waals surface area contributed by atoms with Crippen LogP contribution in [0.5, 0.6) is 5.75 Å². The summed E-state index contributed by atoms with van der Waals surface area (Å²) in [6.07, 6.45) is 6.09. The van der Waals surface area contributed by atoms with E-state index in [1.54, 1.807) is 6.92 Å². The van der Waals surface area contributed by atoms with Crippen LogP contribution in [0.3, 0.4) is 0 Å². The zero-order valence-corrected chi connectivity index (χ0v) is 15.8. The molecule has 0 radical (unpaired) electrons. The first-order valence-electron chi connectivity index (χ1n) is 9.18. The predicted octanol–water partition coefficient (Wildman–Crippen LogP) is 4.07. The van der Waals surface area contributed by atoms with Gasteiger partial charge in [0.1, 0.15) is 11.3 Å². The Kier molecular flexibility index (Phi) is 6.45. The quantitative estimate of drug-likeness (QED) is 0.542. The van der Waals surface area contributed by atoms with Crippen LogP contribution in [0.4, 0.5) is 4.79 Å². The Bertz CT molecular complexity index is 597. The highest BCUT2D eigenvalue weighted by molar-refractivity contribution is 6.06. The van der Waals surface area contributed by atoms with Gasteiger partial charge in [0.25, 0.3) is 5.91 Å². The predicted molar refractivity (Wildman–Crippen MR) is 98.5 cm³/mol. The Hall–Kier alpha value is -2.04. The lowest BCUT2D eigenvalue weighted by atomic mass is 9.92. The molecule has 0 aliphatic carbocycles. The van der Waals surface area contributed by atoms with Gasteiger partial charge in [0.2, 0.25) is 0 Å². The molecule has 3 amide bonds. The third-order valence-electron chi connectivity index (χ3n) is 4.77. The van der Waals surface area contributed by atoms with Crippen LogP contribution >= 0.6 is 0 Å². The number of benzene rings is 1. The zero-order chi connectivity index (χ0) is 18.4. The fourth-order valence-corrected chi connectivity index (χ4v) is 3.06. The van der Waals surface area contributed by atoms with E-state index in [-0.39, 0.29) is 11.9 Å². The van der Waals surface area contributed by atoms with Crippen molar-refractivity contribution < 1.29 is 14.3 Å². The molecule has 0 aromatic heterocycles. The van der Waals surface area contributed by atoms with E-state index in [4.69, 9.17) is 4.74 Å². The van der Waals surface area contributed by atoms with Crippen LogP contribution in [0.15, 0.2) is 24.3 Å². The number of hydrogen-bond acceptors (Lipinski definition) is 3. The standard InChI is InChI=1S/C20H30N2O3/c1-15(2)9-7-5-6-8-14-25-17-12-10-16(11-13-17)20(3)18(23)22(4)19(24)21-20/h10-13,15H,5-9,14H2,1-4H3,(H,21,24). The number of rotatable bonds is 9. The van der Waals surface area contributed by atoms with Crippen molar-refractivity contribution in [3.05, 3.63) is 29.8 Å². The van der Waals surface area contributed by atoms with Gasteiger partial charge in [-0.05, 0) is 37.0 Å². The van der Waals surface area contributed by atoms with Crippen molar-refractivity contribution in [3.63, 3.8) is 0 Å². The molecule has 25 heavy (non-hydrogen) atoms. The summed E-state index contributed by atoms with van der Waals surface area (Å²) in [6.45, 7) is 6.95. The summed E-state index contributed by atoms with van der Waals surface area (Å²) in [7, 11) is 1.49. The summed E-state index contributed by atoms with van der Waals surface area (Å²) in [6, 6.07) is 7.03. The van der Waals surface area contributed by atoms with Gasteiger partial charge >= 0.3 is 6.03 Å². The zero-order valence-electron chi connectivity index (χ0n) is 15.8. The molecule has 0 spiro atoms. The van der Waals surface area contributed by atoms with Crippen molar-refractivity contribution in [1.29, 1.82) is 0 Å². The molecule has 5 nitrogen and oxygen atoms in total. The van der Waals surface area contributed by atoms with E-state index in [0.717, 1.165) is 28.6 Å². The average molecular weight is 346 g/mol. The van der Waals surface area contributed by atoms with Gasteiger partial charge in [-0.3, -0.25) is 9.69 Å². The van der Waals surface area contributed by atoms with E-state index in [2.05, 4.69) is 19.2 Å². The molecule has 1 N–H and O–H groups in total. The molecule has 138 valence electrons. The van der Waals surface area contributed by atoms with Gasteiger partial charge in [-0.2, -0.15) is 0 Å². The normalized spacial score (nSPS) is 20.3. The maximum atomic E-state index is 12.3. The number of unbranched alkanes of at least 4 members (excludes halogenated alkanes) is 3. The number of nitrogens with zero attached hydrogens (tertiary/aromatic N) is 1. The Labute approximate surface area is 150 Å². The number of amides is 3. The van der Waals surface area contributed by atoms with E-state index in [0.29, 0.717) is 6.61 Å².